The molecule has 24 heavy (non-hydrogen) atoms. The molecule has 1 aliphatic heterocycles. The second-order valence-corrected chi connectivity index (χ2v) is 6.02. The lowest BCUT2D eigenvalue weighted by Gasteiger charge is -2.28. The molecule has 0 amide bonds. The van der Waals surface area contributed by atoms with Gasteiger partial charge in [0.05, 0.1) is 0 Å². The van der Waals surface area contributed by atoms with Crippen LogP contribution in [-0.2, 0) is 11.2 Å². The van der Waals surface area contributed by atoms with Crippen LogP contribution in [0.2, 0.25) is 0 Å². The lowest BCUT2D eigenvalue weighted by Crippen LogP contribution is -2.26. The Balaban J connectivity index is 2.01. The van der Waals surface area contributed by atoms with E-state index in [9.17, 15) is 9.90 Å². The van der Waals surface area contributed by atoms with E-state index in [1.807, 2.05) is 42.5 Å². The number of fused-ring (bicyclic) bond motifs is 2. The molecule has 1 unspecified atom stereocenters. The van der Waals surface area contributed by atoms with Crippen LogP contribution in [0.3, 0.4) is 0 Å². The number of carboxylic acid groups (broad SMARTS) is 1. The average molecular weight is 325 g/mol. The van der Waals surface area contributed by atoms with Gasteiger partial charge in [-0.25, -0.2) is 0 Å². The van der Waals surface area contributed by atoms with Gasteiger partial charge in [0.2, 0.25) is 0 Å². The fourth-order valence-electron chi connectivity index (χ4n) is 3.38. The van der Waals surface area contributed by atoms with Gasteiger partial charge in [-0.3, -0.25) is 4.79 Å². The van der Waals surface area contributed by atoms with E-state index in [0.29, 0.717) is 11.5 Å². The number of rotatable bonds is 6. The van der Waals surface area contributed by atoms with Crippen molar-refractivity contribution in [2.75, 3.05) is 19.6 Å². The molecular weight excluding hydrogens is 302 g/mol. The minimum atomic E-state index is -0.831. The fourth-order valence-corrected chi connectivity index (χ4v) is 3.38. The van der Waals surface area contributed by atoms with Crippen molar-refractivity contribution in [3.8, 4) is 11.5 Å². The Morgan fingerprint density at radius 3 is 2.50 bits per heavy atom. The molecule has 0 spiro atoms. The van der Waals surface area contributed by atoms with E-state index in [2.05, 4.69) is 18.7 Å². The highest BCUT2D eigenvalue weighted by Crippen LogP contribution is 2.45. The summed E-state index contributed by atoms with van der Waals surface area (Å²) in [7, 11) is 0. The van der Waals surface area contributed by atoms with Crippen molar-refractivity contribution in [3.63, 3.8) is 0 Å². The zero-order valence-corrected chi connectivity index (χ0v) is 14.2. The van der Waals surface area contributed by atoms with Gasteiger partial charge in [-0.2, -0.15) is 0 Å². The van der Waals surface area contributed by atoms with Crippen LogP contribution < -0.4 is 4.74 Å². The SMILES string of the molecule is CCN(CC)CCc1cccc2c1C(C(=O)O)c1ccccc1O2. The topological polar surface area (TPSA) is 49.8 Å². The number of ether oxygens (including phenoxy) is 1. The first-order valence-corrected chi connectivity index (χ1v) is 8.49. The molecule has 0 aromatic heterocycles. The van der Waals surface area contributed by atoms with Gasteiger partial charge < -0.3 is 14.7 Å². The van der Waals surface area contributed by atoms with Gasteiger partial charge in [0, 0.05) is 17.7 Å². The lowest BCUT2D eigenvalue weighted by molar-refractivity contribution is -0.137. The van der Waals surface area contributed by atoms with Crippen molar-refractivity contribution >= 4 is 5.97 Å². The largest absolute Gasteiger partial charge is 0.481 e. The number of benzene rings is 2. The van der Waals surface area contributed by atoms with Crippen molar-refractivity contribution in [1.82, 2.24) is 4.90 Å². The van der Waals surface area contributed by atoms with Crippen LogP contribution in [0.25, 0.3) is 0 Å². The lowest BCUT2D eigenvalue weighted by atomic mass is 9.84. The third kappa shape index (κ3) is 3.02. The summed E-state index contributed by atoms with van der Waals surface area (Å²) >= 11 is 0. The molecule has 0 saturated carbocycles. The van der Waals surface area contributed by atoms with Gasteiger partial charge in [-0.1, -0.05) is 44.2 Å². The Hall–Kier alpha value is -2.33. The normalized spacial score (nSPS) is 15.5. The first kappa shape index (κ1) is 16.5. The molecule has 3 rings (SSSR count). The second kappa shape index (κ2) is 7.05. The number of aliphatic carboxylic acids is 1. The molecular formula is C20H23NO3. The first-order chi connectivity index (χ1) is 11.7. The highest BCUT2D eigenvalue weighted by Gasteiger charge is 2.34. The smallest absolute Gasteiger partial charge is 0.315 e. The molecule has 0 fully saturated rings. The van der Waals surface area contributed by atoms with Gasteiger partial charge in [0.1, 0.15) is 17.4 Å². The zero-order chi connectivity index (χ0) is 17.1. The van der Waals surface area contributed by atoms with Crippen LogP contribution in [0.4, 0.5) is 0 Å². The van der Waals surface area contributed by atoms with Crippen molar-refractivity contribution in [1.29, 1.82) is 0 Å². The molecule has 2 aromatic rings. The van der Waals surface area contributed by atoms with E-state index in [1.165, 1.54) is 0 Å². The Labute approximate surface area is 142 Å². The van der Waals surface area contributed by atoms with Crippen LogP contribution in [0.15, 0.2) is 42.5 Å². The maximum atomic E-state index is 12.0. The fraction of sp³-hybridized carbons (Fsp3) is 0.350. The predicted molar refractivity (Wildman–Crippen MR) is 93.9 cm³/mol. The summed E-state index contributed by atoms with van der Waals surface area (Å²) in [5.74, 6) is -0.198. The van der Waals surface area contributed by atoms with Crippen LogP contribution in [0, 0.1) is 0 Å². The number of para-hydroxylation sites is 1. The van der Waals surface area contributed by atoms with Crippen molar-refractivity contribution in [3.05, 3.63) is 59.2 Å². The van der Waals surface area contributed by atoms with Gasteiger partial charge in [-0.05, 0) is 37.2 Å². The highest BCUT2D eigenvalue weighted by atomic mass is 16.5. The number of likely N-dealkylation sites (N-methyl/N-ethyl adjacent to an activating group) is 1. The Kier molecular flexibility index (Phi) is 4.86. The van der Waals surface area contributed by atoms with Crippen LogP contribution in [0.1, 0.15) is 36.5 Å². The quantitative estimate of drug-likeness (QED) is 0.875. The summed E-state index contributed by atoms with van der Waals surface area (Å²) in [6.07, 6.45) is 0.820. The van der Waals surface area contributed by atoms with Crippen LogP contribution in [0.5, 0.6) is 11.5 Å². The number of carboxylic acids is 1. The Morgan fingerprint density at radius 1 is 1.08 bits per heavy atom. The maximum absolute atomic E-state index is 12.0. The Morgan fingerprint density at radius 2 is 1.79 bits per heavy atom. The second-order valence-electron chi connectivity index (χ2n) is 6.02. The number of hydrogen-bond donors (Lipinski definition) is 1. The van der Waals surface area contributed by atoms with E-state index in [-0.39, 0.29) is 0 Å². The van der Waals surface area contributed by atoms with Crippen molar-refractivity contribution < 1.29 is 14.6 Å². The molecule has 0 bridgehead atoms. The third-order valence-electron chi connectivity index (χ3n) is 4.73. The monoisotopic (exact) mass is 325 g/mol. The number of hydrogen-bond acceptors (Lipinski definition) is 3. The van der Waals surface area contributed by atoms with E-state index in [1.54, 1.807) is 0 Å². The molecule has 1 atom stereocenters. The molecule has 1 N–H and O–H groups in total. The van der Waals surface area contributed by atoms with E-state index in [0.717, 1.165) is 42.7 Å². The first-order valence-electron chi connectivity index (χ1n) is 8.49. The summed E-state index contributed by atoms with van der Waals surface area (Å²) in [6, 6.07) is 13.2. The molecule has 0 saturated heterocycles. The predicted octanol–water partition coefficient (Wildman–Crippen LogP) is 3.89. The highest BCUT2D eigenvalue weighted by molar-refractivity contribution is 5.84. The zero-order valence-electron chi connectivity index (χ0n) is 14.2. The van der Waals surface area contributed by atoms with Crippen molar-refractivity contribution in [2.24, 2.45) is 0 Å². The summed E-state index contributed by atoms with van der Waals surface area (Å²) in [6.45, 7) is 7.19. The summed E-state index contributed by atoms with van der Waals surface area (Å²) in [4.78, 5) is 14.4. The van der Waals surface area contributed by atoms with Crippen LogP contribution >= 0.6 is 0 Å². The van der Waals surface area contributed by atoms with Gasteiger partial charge >= 0.3 is 5.97 Å². The molecule has 0 radical (unpaired) electrons. The minimum absolute atomic E-state index is 0.637. The summed E-state index contributed by atoms with van der Waals surface area (Å²) in [5.41, 5.74) is 2.59. The molecule has 4 heteroatoms. The van der Waals surface area contributed by atoms with Gasteiger partial charge in [0.15, 0.2) is 0 Å². The molecule has 2 aromatic carbocycles. The molecule has 1 heterocycles. The summed E-state index contributed by atoms with van der Waals surface area (Å²) < 4.78 is 5.98. The third-order valence-corrected chi connectivity index (χ3v) is 4.73. The van der Waals surface area contributed by atoms with E-state index in [4.69, 9.17) is 4.74 Å². The van der Waals surface area contributed by atoms with E-state index >= 15 is 0 Å². The molecule has 0 aliphatic carbocycles. The minimum Gasteiger partial charge on any atom is -0.481 e. The van der Waals surface area contributed by atoms with E-state index < -0.39 is 11.9 Å². The number of carbonyl (C=O) groups is 1. The van der Waals surface area contributed by atoms with Crippen LogP contribution in [-0.4, -0.2) is 35.6 Å². The molecule has 126 valence electrons. The molecule has 1 aliphatic rings. The maximum Gasteiger partial charge on any atom is 0.315 e. The van der Waals surface area contributed by atoms with Gasteiger partial charge in [0.25, 0.3) is 0 Å². The summed E-state index contributed by atoms with van der Waals surface area (Å²) in [5, 5.41) is 9.86. The van der Waals surface area contributed by atoms with Crippen molar-refractivity contribution in [2.45, 2.75) is 26.2 Å². The van der Waals surface area contributed by atoms with Gasteiger partial charge in [-0.15, -0.1) is 0 Å². The Bertz CT molecular complexity index is 737. The standard InChI is InChI=1S/C20H23NO3/c1-3-21(4-2)13-12-14-8-7-11-17-18(14)19(20(22)23)15-9-5-6-10-16(15)24-17/h5-11,19H,3-4,12-13H2,1-2H3,(H,22,23). The number of nitrogens with zero attached hydrogens (tertiary/aromatic N) is 1. The average Bonchev–Trinajstić information content (AvgIpc) is 2.60. The molecule has 4 nitrogen and oxygen atoms in total.